The molecule has 1 amide bonds. The van der Waals surface area contributed by atoms with Gasteiger partial charge >= 0.3 is 12.1 Å². The van der Waals surface area contributed by atoms with Gasteiger partial charge in [-0.3, -0.25) is 9.59 Å². The average Bonchev–Trinajstić information content (AvgIpc) is 3.31. The van der Waals surface area contributed by atoms with Gasteiger partial charge in [-0.1, -0.05) is 63.1 Å². The Morgan fingerprint density at radius 1 is 0.959 bits per heavy atom. The minimum Gasteiger partial charge on any atom is -0.463 e. The van der Waals surface area contributed by atoms with E-state index in [0.29, 0.717) is 49.0 Å². The molecule has 270 valence electrons. The summed E-state index contributed by atoms with van der Waals surface area (Å²) < 4.78 is 11.7. The average molecular weight is 674 g/mol. The number of carbonyl (C=O) groups excluding carboxylic acids is 3. The lowest BCUT2D eigenvalue weighted by Crippen LogP contribution is -2.59. The Bertz CT molecular complexity index is 1470. The molecule has 8 unspecified atom stereocenters. The highest BCUT2D eigenvalue weighted by Crippen LogP contribution is 2.71. The summed E-state index contributed by atoms with van der Waals surface area (Å²) in [6, 6.07) is 8.41. The SMILES string of the molecule is CC(=O)OC1CCC2(C)C(CCC3(C)C4CCC5(CCN(Cc6ccc(C)cc6)C(=O)OC(C)(C)C)CC(=O)C(C(C)C)=C5C4CCC23)C1. The Morgan fingerprint density at radius 3 is 2.31 bits per heavy atom. The van der Waals surface area contributed by atoms with E-state index in [1.54, 1.807) is 6.92 Å². The number of rotatable bonds is 7. The van der Waals surface area contributed by atoms with E-state index in [1.807, 2.05) is 25.7 Å². The topological polar surface area (TPSA) is 72.9 Å². The number of carbonyl (C=O) groups is 3. The zero-order valence-electron chi connectivity index (χ0n) is 32.0. The molecule has 5 aliphatic carbocycles. The number of nitrogens with zero attached hydrogens (tertiary/aromatic N) is 1. The first kappa shape index (κ1) is 36.2. The number of amides is 1. The lowest BCUT2D eigenvalue weighted by atomic mass is 9.39. The molecule has 0 heterocycles. The predicted octanol–water partition coefficient (Wildman–Crippen LogP) is 10.0. The Balaban J connectivity index is 1.27. The van der Waals surface area contributed by atoms with Crippen molar-refractivity contribution in [3.63, 3.8) is 0 Å². The molecule has 0 spiro atoms. The summed E-state index contributed by atoms with van der Waals surface area (Å²) in [5.74, 6) is 2.67. The van der Waals surface area contributed by atoms with Crippen LogP contribution in [0, 0.1) is 52.8 Å². The van der Waals surface area contributed by atoms with Gasteiger partial charge in [0.2, 0.25) is 0 Å². The van der Waals surface area contributed by atoms with Gasteiger partial charge in [0.15, 0.2) is 5.78 Å². The van der Waals surface area contributed by atoms with Gasteiger partial charge in [-0.25, -0.2) is 4.79 Å². The zero-order chi connectivity index (χ0) is 35.5. The lowest BCUT2D eigenvalue weighted by molar-refractivity contribution is -0.174. The number of allylic oxidation sites excluding steroid dienone is 2. The molecule has 6 rings (SSSR count). The van der Waals surface area contributed by atoms with Gasteiger partial charge < -0.3 is 14.4 Å². The molecular formula is C43H63NO5. The van der Waals surface area contributed by atoms with Gasteiger partial charge in [0, 0.05) is 31.8 Å². The molecule has 1 aromatic carbocycles. The largest absolute Gasteiger partial charge is 0.463 e. The summed E-state index contributed by atoms with van der Waals surface area (Å²) in [6.45, 7) is 20.1. The standard InChI is InChI=1S/C43H63NO5/c1-27(2)37-35(46)25-43(22-23-44(39(47)49-40(5,6)7)26-30-12-10-28(3)11-13-30)21-18-34-33(38(37)43)14-15-36-41(8)20-17-32(48-29(4)45)24-31(41)16-19-42(34,36)9/h10-13,27,31-34,36H,14-26H2,1-9H3. The van der Waals surface area contributed by atoms with Crippen molar-refractivity contribution in [3.05, 3.63) is 46.5 Å². The van der Waals surface area contributed by atoms with Crippen LogP contribution in [-0.2, 0) is 25.6 Å². The normalized spacial score (nSPS) is 35.6. The highest BCUT2D eigenvalue weighted by atomic mass is 16.6. The summed E-state index contributed by atoms with van der Waals surface area (Å²) in [5.41, 5.74) is 4.63. The second-order valence-corrected chi connectivity index (χ2v) is 18.6. The molecule has 1 aromatic rings. The Hall–Kier alpha value is -2.63. The van der Waals surface area contributed by atoms with E-state index in [9.17, 15) is 14.4 Å². The molecule has 0 radical (unpaired) electrons. The fraction of sp³-hybridized carbons (Fsp3) is 0.744. The van der Waals surface area contributed by atoms with E-state index in [4.69, 9.17) is 9.47 Å². The second kappa shape index (κ2) is 13.2. The summed E-state index contributed by atoms with van der Waals surface area (Å²) in [7, 11) is 0. The van der Waals surface area contributed by atoms with Crippen molar-refractivity contribution in [1.29, 1.82) is 0 Å². The van der Waals surface area contributed by atoms with Crippen LogP contribution < -0.4 is 0 Å². The molecule has 6 heteroatoms. The van der Waals surface area contributed by atoms with E-state index in [2.05, 4.69) is 58.9 Å². The van der Waals surface area contributed by atoms with Gasteiger partial charge in [-0.05, 0) is 143 Å². The van der Waals surface area contributed by atoms with E-state index in [1.165, 1.54) is 30.4 Å². The first-order valence-corrected chi connectivity index (χ1v) is 19.4. The van der Waals surface area contributed by atoms with Crippen LogP contribution in [0.2, 0.25) is 0 Å². The highest BCUT2D eigenvalue weighted by molar-refractivity contribution is 6.00. The zero-order valence-corrected chi connectivity index (χ0v) is 32.0. The molecule has 0 aliphatic heterocycles. The van der Waals surface area contributed by atoms with E-state index < -0.39 is 5.60 Å². The van der Waals surface area contributed by atoms with Crippen molar-refractivity contribution in [2.24, 2.45) is 45.8 Å². The number of ketones is 1. The van der Waals surface area contributed by atoms with Crippen molar-refractivity contribution in [2.45, 2.75) is 151 Å². The van der Waals surface area contributed by atoms with Crippen LogP contribution in [0.25, 0.3) is 0 Å². The van der Waals surface area contributed by atoms with Crippen LogP contribution in [0.15, 0.2) is 35.4 Å². The van der Waals surface area contributed by atoms with Crippen molar-refractivity contribution in [1.82, 2.24) is 4.90 Å². The molecule has 6 nitrogen and oxygen atoms in total. The molecule has 0 saturated heterocycles. The number of hydrogen-bond acceptors (Lipinski definition) is 5. The van der Waals surface area contributed by atoms with Crippen LogP contribution in [0.4, 0.5) is 4.79 Å². The first-order chi connectivity index (χ1) is 23.0. The Kier molecular flexibility index (Phi) is 9.72. The third-order valence-electron chi connectivity index (χ3n) is 14.1. The van der Waals surface area contributed by atoms with Crippen molar-refractivity contribution in [3.8, 4) is 0 Å². The fourth-order valence-corrected chi connectivity index (χ4v) is 12.0. The number of hydrogen-bond donors (Lipinski definition) is 0. The van der Waals surface area contributed by atoms with Crippen LogP contribution in [0.5, 0.6) is 0 Å². The van der Waals surface area contributed by atoms with Gasteiger partial charge in [0.25, 0.3) is 0 Å². The predicted molar refractivity (Wildman–Crippen MR) is 194 cm³/mol. The summed E-state index contributed by atoms with van der Waals surface area (Å²) in [5, 5.41) is 0. The van der Waals surface area contributed by atoms with E-state index in [-0.39, 0.29) is 40.3 Å². The number of benzene rings is 1. The van der Waals surface area contributed by atoms with Crippen molar-refractivity contribution < 1.29 is 23.9 Å². The summed E-state index contributed by atoms with van der Waals surface area (Å²) in [4.78, 5) is 41.4. The molecule has 0 N–H and O–H groups in total. The summed E-state index contributed by atoms with van der Waals surface area (Å²) in [6.07, 6.45) is 11.3. The molecule has 4 saturated carbocycles. The molecule has 8 atom stereocenters. The molecular weight excluding hydrogens is 610 g/mol. The second-order valence-electron chi connectivity index (χ2n) is 18.6. The van der Waals surface area contributed by atoms with Crippen LogP contribution in [-0.4, -0.2) is 41.0 Å². The third-order valence-corrected chi connectivity index (χ3v) is 14.1. The van der Waals surface area contributed by atoms with E-state index >= 15 is 0 Å². The van der Waals surface area contributed by atoms with Crippen LogP contribution in [0.1, 0.15) is 137 Å². The number of esters is 1. The summed E-state index contributed by atoms with van der Waals surface area (Å²) >= 11 is 0. The maximum atomic E-state index is 14.1. The highest BCUT2D eigenvalue weighted by Gasteiger charge is 2.64. The molecule has 5 aliphatic rings. The maximum absolute atomic E-state index is 14.1. The molecule has 4 fully saturated rings. The van der Waals surface area contributed by atoms with Gasteiger partial charge in [0.1, 0.15) is 11.7 Å². The number of Topliss-reactive ketones (excluding diaryl/α,β-unsaturated/α-hetero) is 1. The number of aryl methyl sites for hydroxylation is 1. The van der Waals surface area contributed by atoms with Gasteiger partial charge in [-0.2, -0.15) is 0 Å². The Morgan fingerprint density at radius 2 is 1.65 bits per heavy atom. The number of ether oxygens (including phenoxy) is 2. The first-order valence-electron chi connectivity index (χ1n) is 19.4. The lowest BCUT2D eigenvalue weighted by Gasteiger charge is -2.66. The van der Waals surface area contributed by atoms with E-state index in [0.717, 1.165) is 56.1 Å². The maximum Gasteiger partial charge on any atom is 0.410 e. The van der Waals surface area contributed by atoms with Crippen LogP contribution >= 0.6 is 0 Å². The van der Waals surface area contributed by atoms with Crippen molar-refractivity contribution in [2.75, 3.05) is 6.54 Å². The van der Waals surface area contributed by atoms with Crippen molar-refractivity contribution >= 4 is 17.8 Å². The molecule has 0 bridgehead atoms. The minimum absolute atomic E-state index is 0.0704. The third kappa shape index (κ3) is 6.76. The van der Waals surface area contributed by atoms with Gasteiger partial charge in [0.05, 0.1) is 0 Å². The molecule has 49 heavy (non-hydrogen) atoms. The Labute approximate surface area is 296 Å². The monoisotopic (exact) mass is 673 g/mol. The quantitative estimate of drug-likeness (QED) is 0.270. The fourth-order valence-electron chi connectivity index (χ4n) is 12.0. The minimum atomic E-state index is -0.582. The van der Waals surface area contributed by atoms with Gasteiger partial charge in [-0.15, -0.1) is 0 Å². The smallest absolute Gasteiger partial charge is 0.410 e. The molecule has 0 aromatic heterocycles. The number of fused-ring (bicyclic) bond motifs is 7. The van der Waals surface area contributed by atoms with Crippen LogP contribution in [0.3, 0.4) is 0 Å².